The first-order valence-corrected chi connectivity index (χ1v) is 21.9. The fourth-order valence-corrected chi connectivity index (χ4v) is 6.78. The van der Waals surface area contributed by atoms with Crippen LogP contribution in [-0.2, 0) is 18.4 Å². The molecule has 8 nitrogen and oxygen atoms in total. The normalized spacial score (nSPS) is 14.6. The van der Waals surface area contributed by atoms with Crippen LogP contribution in [0.25, 0.3) is 0 Å². The van der Waals surface area contributed by atoms with Crippen LogP contribution >= 0.6 is 7.82 Å². The fourth-order valence-electron chi connectivity index (χ4n) is 6.05. The number of amides is 1. The van der Waals surface area contributed by atoms with Gasteiger partial charge in [0, 0.05) is 6.42 Å². The fraction of sp³-hybridized carbons (Fsp3) is 0.974. The van der Waals surface area contributed by atoms with E-state index in [1.807, 2.05) is 21.1 Å². The van der Waals surface area contributed by atoms with Gasteiger partial charge >= 0.3 is 7.82 Å². The first-order valence-electron chi connectivity index (χ1n) is 20.4. The van der Waals surface area contributed by atoms with Gasteiger partial charge in [-0.25, -0.2) is 4.57 Å². The van der Waals surface area contributed by atoms with Crippen LogP contribution in [-0.4, -0.2) is 73.4 Å². The van der Waals surface area contributed by atoms with Gasteiger partial charge < -0.3 is 19.8 Å². The van der Waals surface area contributed by atoms with E-state index in [9.17, 15) is 19.4 Å². The molecule has 0 aromatic heterocycles. The third-order valence-corrected chi connectivity index (χ3v) is 10.3. The minimum Gasteiger partial charge on any atom is -0.391 e. The Kier molecular flexibility index (Phi) is 32.1. The monoisotopic (exact) mass is 706 g/mol. The lowest BCUT2D eigenvalue weighted by Crippen LogP contribution is -2.46. The van der Waals surface area contributed by atoms with E-state index in [0.717, 1.165) is 38.5 Å². The second-order valence-electron chi connectivity index (χ2n) is 15.4. The summed E-state index contributed by atoms with van der Waals surface area (Å²) in [6.07, 6.45) is 32.6. The molecule has 48 heavy (non-hydrogen) atoms. The molecule has 0 rings (SSSR count). The molecule has 3 N–H and O–H groups in total. The van der Waals surface area contributed by atoms with Gasteiger partial charge in [-0.3, -0.25) is 13.8 Å². The molecule has 0 aliphatic heterocycles. The van der Waals surface area contributed by atoms with Gasteiger partial charge in [-0.05, 0) is 12.8 Å². The highest BCUT2D eigenvalue weighted by molar-refractivity contribution is 7.47. The van der Waals surface area contributed by atoms with Crippen molar-refractivity contribution in [3.63, 3.8) is 0 Å². The molecule has 0 saturated carbocycles. The van der Waals surface area contributed by atoms with Crippen molar-refractivity contribution in [3.8, 4) is 0 Å². The number of quaternary nitrogens is 1. The number of unbranched alkanes of at least 4 members (excludes halogenated alkanes) is 24. The van der Waals surface area contributed by atoms with E-state index < -0.39 is 20.0 Å². The van der Waals surface area contributed by atoms with E-state index >= 15 is 0 Å². The summed E-state index contributed by atoms with van der Waals surface area (Å²) >= 11 is 0. The standard InChI is InChI=1S/C39H81N2O6P/c1-6-8-10-12-14-16-18-20-22-24-26-28-30-32-38(42)37(36-47-48(44,45)46-35-34-41(3,4)5)40-39(43)33-31-29-27-25-23-21-19-17-15-13-11-9-7-2/h37-38,42H,6-36H2,1-5H3,(H-,40,43,44,45)/p+1. The second-order valence-corrected chi connectivity index (χ2v) is 16.8. The number of nitrogens with one attached hydrogen (secondary N) is 1. The van der Waals surface area contributed by atoms with Gasteiger partial charge in [0.15, 0.2) is 0 Å². The highest BCUT2D eigenvalue weighted by Crippen LogP contribution is 2.43. The average molecular weight is 706 g/mol. The maximum absolute atomic E-state index is 12.8. The molecule has 0 heterocycles. The Morgan fingerprint density at radius 1 is 0.625 bits per heavy atom. The molecule has 3 unspecified atom stereocenters. The van der Waals surface area contributed by atoms with E-state index in [4.69, 9.17) is 9.05 Å². The Hall–Kier alpha value is -0.500. The smallest absolute Gasteiger partial charge is 0.391 e. The number of phosphoric ester groups is 1. The topological polar surface area (TPSA) is 105 Å². The van der Waals surface area contributed by atoms with E-state index in [1.165, 1.54) is 128 Å². The number of nitrogens with zero attached hydrogens (tertiary/aromatic N) is 1. The molecule has 0 fully saturated rings. The van der Waals surface area contributed by atoms with Crippen LogP contribution in [0.3, 0.4) is 0 Å². The van der Waals surface area contributed by atoms with Crippen molar-refractivity contribution in [3.05, 3.63) is 0 Å². The van der Waals surface area contributed by atoms with Crippen LogP contribution in [0.4, 0.5) is 0 Å². The van der Waals surface area contributed by atoms with Crippen molar-refractivity contribution in [2.75, 3.05) is 40.9 Å². The maximum Gasteiger partial charge on any atom is 0.472 e. The third kappa shape index (κ3) is 34.0. The Labute approximate surface area is 298 Å². The summed E-state index contributed by atoms with van der Waals surface area (Å²) in [7, 11) is 1.62. The zero-order chi connectivity index (χ0) is 35.8. The molecule has 9 heteroatoms. The van der Waals surface area contributed by atoms with Crippen LogP contribution in [0.15, 0.2) is 0 Å². The number of hydrogen-bond acceptors (Lipinski definition) is 5. The average Bonchev–Trinajstić information content (AvgIpc) is 3.02. The molecule has 1 amide bonds. The summed E-state index contributed by atoms with van der Waals surface area (Å²) in [4.78, 5) is 23.0. The molecule has 0 spiro atoms. The van der Waals surface area contributed by atoms with E-state index in [0.29, 0.717) is 23.9 Å². The molecule has 0 aliphatic carbocycles. The number of carbonyl (C=O) groups is 1. The van der Waals surface area contributed by atoms with Crippen LogP contribution in [0.1, 0.15) is 194 Å². The molecule has 0 saturated heterocycles. The highest BCUT2D eigenvalue weighted by atomic mass is 31.2. The minimum absolute atomic E-state index is 0.0782. The lowest BCUT2D eigenvalue weighted by Gasteiger charge is -2.26. The Balaban J connectivity index is 4.41. The van der Waals surface area contributed by atoms with Crippen molar-refractivity contribution in [2.24, 2.45) is 0 Å². The number of aliphatic hydroxyl groups is 1. The third-order valence-electron chi connectivity index (χ3n) is 9.36. The number of likely N-dealkylation sites (N-methyl/N-ethyl adjacent to an activating group) is 1. The Morgan fingerprint density at radius 2 is 1.00 bits per heavy atom. The van der Waals surface area contributed by atoms with Gasteiger partial charge in [-0.15, -0.1) is 0 Å². The van der Waals surface area contributed by atoms with E-state index in [1.54, 1.807) is 0 Å². The Morgan fingerprint density at radius 3 is 1.40 bits per heavy atom. The number of rotatable bonds is 37. The van der Waals surface area contributed by atoms with Crippen LogP contribution in [0.2, 0.25) is 0 Å². The molecular formula is C39H82N2O6P+. The molecule has 0 aromatic carbocycles. The summed E-state index contributed by atoms with van der Waals surface area (Å²) in [6.45, 7) is 4.88. The summed E-state index contributed by atoms with van der Waals surface area (Å²) in [5.74, 6) is -0.144. The van der Waals surface area contributed by atoms with Crippen molar-refractivity contribution in [2.45, 2.75) is 206 Å². The van der Waals surface area contributed by atoms with Crippen LogP contribution in [0, 0.1) is 0 Å². The zero-order valence-electron chi connectivity index (χ0n) is 32.5. The van der Waals surface area contributed by atoms with E-state index in [-0.39, 0.29) is 19.1 Å². The molecular weight excluding hydrogens is 623 g/mol. The first-order chi connectivity index (χ1) is 23.0. The summed E-state index contributed by atoms with van der Waals surface area (Å²) in [5.41, 5.74) is 0. The predicted octanol–water partition coefficient (Wildman–Crippen LogP) is 10.6. The second kappa shape index (κ2) is 32.4. The molecule has 0 aliphatic rings. The van der Waals surface area contributed by atoms with Crippen LogP contribution < -0.4 is 5.32 Å². The van der Waals surface area contributed by atoms with Crippen LogP contribution in [0.5, 0.6) is 0 Å². The molecule has 0 bridgehead atoms. The number of aliphatic hydroxyl groups excluding tert-OH is 1. The van der Waals surface area contributed by atoms with Crippen molar-refractivity contribution < 1.29 is 32.9 Å². The molecule has 0 radical (unpaired) electrons. The quantitative estimate of drug-likeness (QED) is 0.0338. The first kappa shape index (κ1) is 47.5. The number of hydrogen-bond donors (Lipinski definition) is 3. The molecule has 0 aromatic rings. The summed E-state index contributed by atoms with van der Waals surface area (Å²) < 4.78 is 23.5. The number of carbonyl (C=O) groups excluding carboxylic acids is 1. The predicted molar refractivity (Wildman–Crippen MR) is 203 cm³/mol. The minimum atomic E-state index is -4.30. The molecule has 3 atom stereocenters. The number of phosphoric acid groups is 1. The van der Waals surface area contributed by atoms with Crippen molar-refractivity contribution >= 4 is 13.7 Å². The lowest BCUT2D eigenvalue weighted by molar-refractivity contribution is -0.870. The highest BCUT2D eigenvalue weighted by Gasteiger charge is 2.28. The maximum atomic E-state index is 12.8. The van der Waals surface area contributed by atoms with Crippen molar-refractivity contribution in [1.82, 2.24) is 5.32 Å². The van der Waals surface area contributed by atoms with Gasteiger partial charge in [-0.1, -0.05) is 174 Å². The molecule has 288 valence electrons. The van der Waals surface area contributed by atoms with Gasteiger partial charge in [0.2, 0.25) is 5.91 Å². The summed E-state index contributed by atoms with van der Waals surface area (Å²) in [5, 5.41) is 13.9. The van der Waals surface area contributed by atoms with Gasteiger partial charge in [0.1, 0.15) is 13.2 Å². The zero-order valence-corrected chi connectivity index (χ0v) is 33.4. The van der Waals surface area contributed by atoms with Gasteiger partial charge in [0.25, 0.3) is 0 Å². The summed E-state index contributed by atoms with van der Waals surface area (Å²) in [6, 6.07) is -0.751. The van der Waals surface area contributed by atoms with Gasteiger partial charge in [0.05, 0.1) is 39.9 Å². The SMILES string of the molecule is CCCCCCCCCCCCCCCC(=O)NC(COP(=O)(O)OCC[N+](C)(C)C)C(O)CCCCCCCCCCCCCCC. The van der Waals surface area contributed by atoms with Gasteiger partial charge in [-0.2, -0.15) is 0 Å². The Bertz CT molecular complexity index is 763. The van der Waals surface area contributed by atoms with E-state index in [2.05, 4.69) is 19.2 Å². The van der Waals surface area contributed by atoms with Crippen molar-refractivity contribution in [1.29, 1.82) is 0 Å². The lowest BCUT2D eigenvalue weighted by atomic mass is 10.0. The largest absolute Gasteiger partial charge is 0.472 e.